The smallest absolute Gasteiger partial charge is 0.244 e. The number of hydrogen-bond donors (Lipinski definition) is 2. The van der Waals surface area contributed by atoms with E-state index in [1.165, 1.54) is 0 Å². The molecule has 0 saturated carbocycles. The summed E-state index contributed by atoms with van der Waals surface area (Å²) in [6.45, 7) is 7.71. The number of rotatable bonds is 6. The van der Waals surface area contributed by atoms with Gasteiger partial charge in [-0.2, -0.15) is 0 Å². The van der Waals surface area contributed by atoms with E-state index < -0.39 is 0 Å². The van der Waals surface area contributed by atoms with Crippen LogP contribution in [0.4, 0.5) is 5.69 Å². The van der Waals surface area contributed by atoms with Gasteiger partial charge in [-0.15, -0.1) is 12.4 Å². The zero-order valence-electron chi connectivity index (χ0n) is 15.4. The Morgan fingerprint density at radius 3 is 2.68 bits per heavy atom. The largest absolute Gasteiger partial charge is 0.333 e. The van der Waals surface area contributed by atoms with Crippen molar-refractivity contribution in [2.45, 2.75) is 46.1 Å². The third kappa shape index (κ3) is 6.33. The second kappa shape index (κ2) is 10.4. The van der Waals surface area contributed by atoms with Gasteiger partial charge in [0.25, 0.3) is 0 Å². The Balaban J connectivity index is 0.00000312. The molecule has 0 bridgehead atoms. The Morgan fingerprint density at radius 2 is 2.04 bits per heavy atom. The van der Waals surface area contributed by atoms with Gasteiger partial charge < -0.3 is 15.5 Å². The zero-order chi connectivity index (χ0) is 17.5. The average Bonchev–Trinajstić information content (AvgIpc) is 2.56. The number of aryl methyl sites for hydroxylation is 1. The molecule has 140 valence electrons. The highest BCUT2D eigenvalue weighted by Gasteiger charge is 2.29. The molecule has 1 aliphatic rings. The molecule has 0 aromatic heterocycles. The molecule has 1 fully saturated rings. The normalized spacial score (nSPS) is 19.6. The second-order valence-corrected chi connectivity index (χ2v) is 6.70. The first-order valence-electron chi connectivity index (χ1n) is 8.89. The number of nitrogens with zero attached hydrogens (tertiary/aromatic N) is 1. The molecule has 6 heteroatoms. The van der Waals surface area contributed by atoms with Gasteiger partial charge in [0.15, 0.2) is 0 Å². The van der Waals surface area contributed by atoms with Crippen LogP contribution in [0.2, 0.25) is 0 Å². The fraction of sp³-hybridized carbons (Fsp3) is 0.579. The minimum absolute atomic E-state index is 0. The average molecular weight is 368 g/mol. The number of amides is 2. The van der Waals surface area contributed by atoms with Crippen molar-refractivity contribution >= 4 is 29.9 Å². The van der Waals surface area contributed by atoms with Crippen molar-refractivity contribution in [3.8, 4) is 0 Å². The van der Waals surface area contributed by atoms with Gasteiger partial charge in [-0.3, -0.25) is 9.59 Å². The van der Waals surface area contributed by atoms with Crippen LogP contribution in [0.15, 0.2) is 24.3 Å². The minimum atomic E-state index is -0.131. The van der Waals surface area contributed by atoms with E-state index in [-0.39, 0.29) is 36.7 Å². The fourth-order valence-corrected chi connectivity index (χ4v) is 3.23. The van der Waals surface area contributed by atoms with E-state index in [1.807, 2.05) is 38.1 Å². The topological polar surface area (TPSA) is 61.4 Å². The summed E-state index contributed by atoms with van der Waals surface area (Å²) in [6.07, 6.45) is 2.55. The van der Waals surface area contributed by atoms with Crippen molar-refractivity contribution in [1.29, 1.82) is 0 Å². The van der Waals surface area contributed by atoms with Crippen LogP contribution in [-0.2, 0) is 9.59 Å². The number of nitrogens with one attached hydrogen (secondary N) is 2. The van der Waals surface area contributed by atoms with Gasteiger partial charge in [-0.25, -0.2) is 0 Å². The summed E-state index contributed by atoms with van der Waals surface area (Å²) in [5.74, 6) is 0.0114. The number of anilines is 1. The lowest BCUT2D eigenvalue weighted by atomic mass is 9.92. The first-order chi connectivity index (χ1) is 11.5. The molecule has 1 aromatic carbocycles. The van der Waals surface area contributed by atoms with E-state index in [4.69, 9.17) is 0 Å². The predicted octanol–water partition coefficient (Wildman–Crippen LogP) is 2.98. The first-order valence-corrected chi connectivity index (χ1v) is 8.89. The molecule has 5 nitrogen and oxygen atoms in total. The lowest BCUT2D eigenvalue weighted by Gasteiger charge is -2.31. The molecule has 1 saturated heterocycles. The molecule has 1 heterocycles. The van der Waals surface area contributed by atoms with E-state index in [2.05, 4.69) is 17.6 Å². The van der Waals surface area contributed by atoms with Crippen molar-refractivity contribution in [3.63, 3.8) is 0 Å². The van der Waals surface area contributed by atoms with Gasteiger partial charge in [0, 0.05) is 24.2 Å². The van der Waals surface area contributed by atoms with Crippen LogP contribution in [0.5, 0.6) is 0 Å². The summed E-state index contributed by atoms with van der Waals surface area (Å²) in [7, 11) is 0. The summed E-state index contributed by atoms with van der Waals surface area (Å²) in [5.41, 5.74) is 1.83. The summed E-state index contributed by atoms with van der Waals surface area (Å²) in [4.78, 5) is 26.9. The van der Waals surface area contributed by atoms with Crippen LogP contribution in [0.1, 0.15) is 38.7 Å². The van der Waals surface area contributed by atoms with Gasteiger partial charge in [0.2, 0.25) is 11.8 Å². The number of piperidine rings is 1. The molecule has 2 N–H and O–H groups in total. The van der Waals surface area contributed by atoms with Crippen molar-refractivity contribution < 1.29 is 9.59 Å². The van der Waals surface area contributed by atoms with Gasteiger partial charge in [-0.05, 0) is 51.3 Å². The Labute approximate surface area is 157 Å². The summed E-state index contributed by atoms with van der Waals surface area (Å²) in [6, 6.07) is 8.04. The predicted molar refractivity (Wildman–Crippen MR) is 104 cm³/mol. The van der Waals surface area contributed by atoms with Gasteiger partial charge in [0.05, 0.1) is 6.54 Å². The van der Waals surface area contributed by atoms with Crippen molar-refractivity contribution in [3.05, 3.63) is 29.8 Å². The van der Waals surface area contributed by atoms with Crippen molar-refractivity contribution in [2.24, 2.45) is 5.92 Å². The molecular formula is C19H30ClN3O2. The number of carbonyl (C=O) groups excluding carboxylic acids is 2. The molecule has 0 spiro atoms. The summed E-state index contributed by atoms with van der Waals surface area (Å²) >= 11 is 0. The summed E-state index contributed by atoms with van der Waals surface area (Å²) in [5, 5.41) is 6.29. The molecular weight excluding hydrogens is 338 g/mol. The zero-order valence-corrected chi connectivity index (χ0v) is 16.2. The van der Waals surface area contributed by atoms with E-state index in [9.17, 15) is 9.59 Å². The van der Waals surface area contributed by atoms with Crippen LogP contribution in [0, 0.1) is 12.8 Å². The quantitative estimate of drug-likeness (QED) is 0.812. The first kappa shape index (κ1) is 21.5. The molecule has 0 radical (unpaired) electrons. The van der Waals surface area contributed by atoms with Crippen LogP contribution < -0.4 is 10.6 Å². The minimum Gasteiger partial charge on any atom is -0.333 e. The maximum atomic E-state index is 12.8. The molecule has 0 unspecified atom stereocenters. The maximum absolute atomic E-state index is 12.8. The number of halogens is 1. The van der Waals surface area contributed by atoms with Crippen molar-refractivity contribution in [1.82, 2.24) is 10.2 Å². The molecule has 25 heavy (non-hydrogen) atoms. The van der Waals surface area contributed by atoms with Crippen LogP contribution >= 0.6 is 12.4 Å². The molecule has 1 aromatic rings. The Bertz CT molecular complexity index is 580. The Hall–Kier alpha value is -1.59. The van der Waals surface area contributed by atoms with Gasteiger partial charge >= 0.3 is 0 Å². The standard InChI is InChI=1S/C19H29N3O2.ClH/c1-4-11-22(19(24)16-9-10-20-15(3)12-16)13-18(23)21-17-8-6-5-7-14(17)2;/h5-8,15-16,20H,4,9-13H2,1-3H3,(H,21,23);1H/t15-,16-;/m0./s1. The Morgan fingerprint density at radius 1 is 1.32 bits per heavy atom. The highest BCUT2D eigenvalue weighted by Crippen LogP contribution is 2.19. The SMILES string of the molecule is CCCN(CC(=O)Nc1ccccc1C)C(=O)[C@H]1CCN[C@@H](C)C1.Cl. The van der Waals surface area contributed by atoms with Crippen LogP contribution in [0.3, 0.4) is 0 Å². The lowest BCUT2D eigenvalue weighted by molar-refractivity contribution is -0.139. The maximum Gasteiger partial charge on any atom is 0.244 e. The molecule has 1 aliphatic heterocycles. The fourth-order valence-electron chi connectivity index (χ4n) is 3.23. The van der Waals surface area contributed by atoms with E-state index in [0.29, 0.717) is 12.6 Å². The molecule has 0 aliphatic carbocycles. The lowest BCUT2D eigenvalue weighted by Crippen LogP contribution is -2.46. The van der Waals surface area contributed by atoms with Gasteiger partial charge in [0.1, 0.15) is 0 Å². The second-order valence-electron chi connectivity index (χ2n) is 6.70. The molecule has 2 amide bonds. The number of para-hydroxylation sites is 1. The highest BCUT2D eigenvalue weighted by molar-refractivity contribution is 5.95. The number of hydrogen-bond acceptors (Lipinski definition) is 3. The molecule has 2 rings (SSSR count). The van der Waals surface area contributed by atoms with E-state index in [1.54, 1.807) is 4.90 Å². The monoisotopic (exact) mass is 367 g/mol. The highest BCUT2D eigenvalue weighted by atomic mass is 35.5. The number of carbonyl (C=O) groups is 2. The van der Waals surface area contributed by atoms with Crippen molar-refractivity contribution in [2.75, 3.05) is 25.0 Å². The van der Waals surface area contributed by atoms with Gasteiger partial charge in [-0.1, -0.05) is 25.1 Å². The van der Waals surface area contributed by atoms with E-state index >= 15 is 0 Å². The van der Waals surface area contributed by atoms with E-state index in [0.717, 1.165) is 37.1 Å². The molecule has 2 atom stereocenters. The Kier molecular flexibility index (Phi) is 8.93. The summed E-state index contributed by atoms with van der Waals surface area (Å²) < 4.78 is 0. The third-order valence-electron chi connectivity index (χ3n) is 4.53. The van der Waals surface area contributed by atoms with Crippen LogP contribution in [0.25, 0.3) is 0 Å². The third-order valence-corrected chi connectivity index (χ3v) is 4.53. The number of benzene rings is 1. The van der Waals surface area contributed by atoms with Crippen LogP contribution in [-0.4, -0.2) is 42.4 Å².